The Bertz CT molecular complexity index is 571. The van der Waals surface area contributed by atoms with Crippen LogP contribution in [0.4, 0.5) is 0 Å². The van der Waals surface area contributed by atoms with Crippen LogP contribution < -0.4 is 0 Å². The van der Waals surface area contributed by atoms with E-state index in [1.807, 2.05) is 0 Å². The molecule has 112 valence electrons. The molecule has 1 N–H and O–H groups in total. The van der Waals surface area contributed by atoms with Crippen molar-refractivity contribution in [2.45, 2.75) is 49.5 Å². The molecular formula is C13H19NO4S2. The minimum Gasteiger partial charge on any atom is -0.477 e. The minimum atomic E-state index is -3.72. The first-order chi connectivity index (χ1) is 9.44. The van der Waals surface area contributed by atoms with E-state index in [-0.39, 0.29) is 15.8 Å². The third-order valence-electron chi connectivity index (χ3n) is 3.82. The lowest BCUT2D eigenvalue weighted by molar-refractivity contribution is 0.0698. The van der Waals surface area contributed by atoms with Gasteiger partial charge in [-0.1, -0.05) is 25.7 Å². The molecule has 1 heterocycles. The van der Waals surface area contributed by atoms with Crippen molar-refractivity contribution in [2.24, 2.45) is 0 Å². The highest BCUT2D eigenvalue weighted by Gasteiger charge is 2.32. The van der Waals surface area contributed by atoms with E-state index in [9.17, 15) is 13.2 Å². The summed E-state index contributed by atoms with van der Waals surface area (Å²) in [5.41, 5.74) is 0. The lowest BCUT2D eigenvalue weighted by atomic mass is 10.1. The zero-order chi connectivity index (χ0) is 14.8. The summed E-state index contributed by atoms with van der Waals surface area (Å²) < 4.78 is 26.6. The van der Waals surface area contributed by atoms with Crippen LogP contribution in [0.3, 0.4) is 0 Å². The van der Waals surface area contributed by atoms with Crippen molar-refractivity contribution in [3.8, 4) is 0 Å². The molecule has 0 aromatic carbocycles. The van der Waals surface area contributed by atoms with E-state index in [1.165, 1.54) is 15.8 Å². The fraction of sp³-hybridized carbons (Fsp3) is 0.615. The molecule has 7 heteroatoms. The topological polar surface area (TPSA) is 74.7 Å². The van der Waals surface area contributed by atoms with Crippen LogP contribution in [0.15, 0.2) is 16.3 Å². The molecule has 1 aliphatic carbocycles. The van der Waals surface area contributed by atoms with Gasteiger partial charge in [0.1, 0.15) is 9.77 Å². The number of aromatic carboxylic acids is 1. The van der Waals surface area contributed by atoms with E-state index in [0.717, 1.165) is 49.9 Å². The molecule has 0 saturated heterocycles. The highest BCUT2D eigenvalue weighted by atomic mass is 32.2. The molecule has 20 heavy (non-hydrogen) atoms. The Labute approximate surface area is 123 Å². The Morgan fingerprint density at radius 2 is 1.90 bits per heavy atom. The Morgan fingerprint density at radius 3 is 2.45 bits per heavy atom. The molecule has 5 nitrogen and oxygen atoms in total. The van der Waals surface area contributed by atoms with Crippen LogP contribution in [-0.4, -0.2) is 36.9 Å². The Balaban J connectivity index is 2.28. The lowest BCUT2D eigenvalue weighted by Gasteiger charge is -2.26. The molecule has 0 unspecified atom stereocenters. The lowest BCUT2D eigenvalue weighted by Crippen LogP contribution is -2.37. The predicted octanol–water partition coefficient (Wildman–Crippen LogP) is 2.79. The van der Waals surface area contributed by atoms with Gasteiger partial charge in [-0.05, 0) is 24.3 Å². The van der Waals surface area contributed by atoms with Crippen molar-refractivity contribution < 1.29 is 18.3 Å². The normalized spacial score (nSPS) is 18.1. The summed E-state index contributed by atoms with van der Waals surface area (Å²) in [7, 11) is -2.16. The summed E-state index contributed by atoms with van der Waals surface area (Å²) >= 11 is 0.947. The summed E-state index contributed by atoms with van der Waals surface area (Å²) in [5.74, 6) is -1.19. The first-order valence-corrected chi connectivity index (χ1v) is 9.05. The van der Waals surface area contributed by atoms with E-state index >= 15 is 0 Å². The van der Waals surface area contributed by atoms with Crippen molar-refractivity contribution in [1.29, 1.82) is 0 Å². The van der Waals surface area contributed by atoms with Crippen LogP contribution in [0.2, 0.25) is 0 Å². The van der Waals surface area contributed by atoms with E-state index in [0.29, 0.717) is 0 Å². The maximum absolute atomic E-state index is 12.6. The standard InChI is InChI=1S/C13H19NO4S2/c1-14(10-6-4-2-3-5-7-10)20(17,18)11-8-9-19-12(11)13(15)16/h8-10H,2-7H2,1H3,(H,15,16). The largest absolute Gasteiger partial charge is 0.477 e. The van der Waals surface area contributed by atoms with Crippen LogP contribution in [0.5, 0.6) is 0 Å². The molecule has 1 aromatic heterocycles. The Morgan fingerprint density at radius 1 is 1.30 bits per heavy atom. The van der Waals surface area contributed by atoms with Crippen LogP contribution >= 0.6 is 11.3 Å². The second-order valence-corrected chi connectivity index (χ2v) is 7.97. The molecule has 1 fully saturated rings. The fourth-order valence-electron chi connectivity index (χ4n) is 2.63. The van der Waals surface area contributed by atoms with Gasteiger partial charge in [0.25, 0.3) is 0 Å². The number of rotatable bonds is 4. The van der Waals surface area contributed by atoms with Gasteiger partial charge in [0.05, 0.1) is 0 Å². The summed E-state index contributed by atoms with van der Waals surface area (Å²) in [5, 5.41) is 10.6. The van der Waals surface area contributed by atoms with Crippen molar-refractivity contribution >= 4 is 27.3 Å². The highest BCUT2D eigenvalue weighted by molar-refractivity contribution is 7.89. The van der Waals surface area contributed by atoms with Gasteiger partial charge in [-0.15, -0.1) is 11.3 Å². The van der Waals surface area contributed by atoms with Gasteiger partial charge in [0, 0.05) is 13.1 Å². The minimum absolute atomic E-state index is 0.0240. The molecule has 0 amide bonds. The smallest absolute Gasteiger partial charge is 0.347 e. The number of thiophene rings is 1. The number of hydrogen-bond acceptors (Lipinski definition) is 4. The first kappa shape index (κ1) is 15.5. The molecular weight excluding hydrogens is 298 g/mol. The maximum atomic E-state index is 12.6. The summed E-state index contributed by atoms with van der Waals surface area (Å²) in [6.45, 7) is 0. The fourth-order valence-corrected chi connectivity index (χ4v) is 5.28. The molecule has 1 saturated carbocycles. The van der Waals surface area contributed by atoms with Crippen LogP contribution in [0.25, 0.3) is 0 Å². The first-order valence-electron chi connectivity index (χ1n) is 6.73. The van der Waals surface area contributed by atoms with Gasteiger partial charge in [-0.25, -0.2) is 13.2 Å². The number of carboxylic acid groups (broad SMARTS) is 1. The second-order valence-electron chi connectivity index (χ2n) is 5.09. The molecule has 0 aliphatic heterocycles. The third kappa shape index (κ3) is 3.05. The van der Waals surface area contributed by atoms with E-state index in [1.54, 1.807) is 7.05 Å². The SMILES string of the molecule is CN(C1CCCCCC1)S(=O)(=O)c1ccsc1C(=O)O. The summed E-state index contributed by atoms with van der Waals surface area (Å²) in [4.78, 5) is 10.9. The summed E-state index contributed by atoms with van der Waals surface area (Å²) in [6, 6.07) is 1.36. The quantitative estimate of drug-likeness (QED) is 0.867. The Kier molecular flexibility index (Phi) is 4.82. The number of nitrogens with zero attached hydrogens (tertiary/aromatic N) is 1. The molecule has 2 rings (SSSR count). The van der Waals surface area contributed by atoms with Gasteiger partial charge in [-0.3, -0.25) is 0 Å². The highest BCUT2D eigenvalue weighted by Crippen LogP contribution is 2.29. The number of carboxylic acids is 1. The monoisotopic (exact) mass is 317 g/mol. The van der Waals surface area contributed by atoms with Gasteiger partial charge in [-0.2, -0.15) is 4.31 Å². The molecule has 1 aromatic rings. The van der Waals surface area contributed by atoms with Crippen molar-refractivity contribution in [3.05, 3.63) is 16.3 Å². The number of hydrogen-bond donors (Lipinski definition) is 1. The number of sulfonamides is 1. The van der Waals surface area contributed by atoms with Gasteiger partial charge < -0.3 is 5.11 Å². The average Bonchev–Trinajstić information content (AvgIpc) is 2.75. The molecule has 0 radical (unpaired) electrons. The predicted molar refractivity (Wildman–Crippen MR) is 77.7 cm³/mol. The number of carbonyl (C=O) groups is 1. The van der Waals surface area contributed by atoms with Crippen molar-refractivity contribution in [1.82, 2.24) is 4.31 Å². The second kappa shape index (κ2) is 6.24. The molecule has 0 bridgehead atoms. The van der Waals surface area contributed by atoms with Crippen LogP contribution in [-0.2, 0) is 10.0 Å². The van der Waals surface area contributed by atoms with Crippen molar-refractivity contribution in [3.63, 3.8) is 0 Å². The maximum Gasteiger partial charge on any atom is 0.347 e. The van der Waals surface area contributed by atoms with Gasteiger partial charge >= 0.3 is 5.97 Å². The van der Waals surface area contributed by atoms with Crippen LogP contribution in [0, 0.1) is 0 Å². The third-order valence-corrected chi connectivity index (χ3v) is 6.80. The van der Waals surface area contributed by atoms with Gasteiger partial charge in [0.15, 0.2) is 0 Å². The van der Waals surface area contributed by atoms with Crippen LogP contribution in [0.1, 0.15) is 48.2 Å². The Hall–Kier alpha value is -0.920. The average molecular weight is 317 g/mol. The van der Waals surface area contributed by atoms with Gasteiger partial charge in [0.2, 0.25) is 10.0 Å². The zero-order valence-electron chi connectivity index (χ0n) is 11.4. The van der Waals surface area contributed by atoms with E-state index in [4.69, 9.17) is 5.11 Å². The van der Waals surface area contributed by atoms with E-state index in [2.05, 4.69) is 0 Å². The van der Waals surface area contributed by atoms with Crippen molar-refractivity contribution in [2.75, 3.05) is 7.05 Å². The summed E-state index contributed by atoms with van der Waals surface area (Å²) in [6.07, 6.45) is 6.04. The molecule has 0 atom stereocenters. The molecule has 0 spiro atoms. The molecule has 1 aliphatic rings. The zero-order valence-corrected chi connectivity index (χ0v) is 13.0. The van der Waals surface area contributed by atoms with E-state index < -0.39 is 16.0 Å².